The van der Waals surface area contributed by atoms with Crippen LogP contribution in [0.25, 0.3) is 0 Å². The first kappa shape index (κ1) is 8.12. The molecule has 0 amide bonds. The molecule has 1 fully saturated rings. The Morgan fingerprint density at radius 3 is 3.31 bits per heavy atom. The van der Waals surface area contributed by atoms with Gasteiger partial charge in [0, 0.05) is 6.54 Å². The van der Waals surface area contributed by atoms with E-state index in [9.17, 15) is 4.79 Å². The number of rotatable bonds is 1. The Bertz CT molecular complexity index is 296. The molecule has 5 nitrogen and oxygen atoms in total. The minimum atomic E-state index is -0.291. The third kappa shape index (κ3) is 1.38. The van der Waals surface area contributed by atoms with Crippen molar-refractivity contribution in [3.05, 3.63) is 23.5 Å². The molecule has 0 atom stereocenters. The van der Waals surface area contributed by atoms with Crippen molar-refractivity contribution in [3.8, 4) is 0 Å². The van der Waals surface area contributed by atoms with Gasteiger partial charge in [0.1, 0.15) is 5.82 Å². The lowest BCUT2D eigenvalue weighted by Crippen LogP contribution is -2.25. The zero-order valence-corrected chi connectivity index (χ0v) is 7.33. The molecule has 0 aliphatic carbocycles. The van der Waals surface area contributed by atoms with E-state index in [1.807, 2.05) is 6.08 Å². The summed E-state index contributed by atoms with van der Waals surface area (Å²) < 4.78 is 4.62. The average Bonchev–Trinajstić information content (AvgIpc) is 2.63. The number of hydrogen-bond donors (Lipinski definition) is 2. The maximum absolute atomic E-state index is 11.2. The van der Waals surface area contributed by atoms with Crippen LogP contribution in [0.3, 0.4) is 0 Å². The number of nitrogens with zero attached hydrogens (tertiary/aromatic N) is 1. The summed E-state index contributed by atoms with van der Waals surface area (Å²) in [6.07, 6.45) is 3.62. The fourth-order valence-corrected chi connectivity index (χ4v) is 1.35. The van der Waals surface area contributed by atoms with Gasteiger partial charge in [0.05, 0.1) is 19.4 Å². The molecule has 2 N–H and O–H groups in total. The van der Waals surface area contributed by atoms with Gasteiger partial charge in [0.15, 0.2) is 0 Å². The van der Waals surface area contributed by atoms with Gasteiger partial charge < -0.3 is 15.1 Å². The van der Waals surface area contributed by atoms with Crippen molar-refractivity contribution >= 4 is 5.97 Å². The molecule has 2 aliphatic heterocycles. The molecule has 0 unspecified atom stereocenters. The summed E-state index contributed by atoms with van der Waals surface area (Å²) in [5.41, 5.74) is 6.52. The third-order valence-corrected chi connectivity index (χ3v) is 2.07. The molecule has 0 spiro atoms. The van der Waals surface area contributed by atoms with E-state index in [-0.39, 0.29) is 5.97 Å². The molecule has 0 aromatic carbocycles. The van der Waals surface area contributed by atoms with Crippen molar-refractivity contribution in [3.63, 3.8) is 0 Å². The summed E-state index contributed by atoms with van der Waals surface area (Å²) in [6, 6.07) is 0. The molecule has 2 aliphatic rings. The van der Waals surface area contributed by atoms with E-state index in [4.69, 9.17) is 0 Å². The number of esters is 1. The molecule has 0 aromatic rings. The van der Waals surface area contributed by atoms with Crippen molar-refractivity contribution in [1.29, 1.82) is 0 Å². The highest BCUT2D eigenvalue weighted by Crippen LogP contribution is 2.14. The van der Waals surface area contributed by atoms with Gasteiger partial charge in [0.25, 0.3) is 0 Å². The van der Waals surface area contributed by atoms with E-state index in [2.05, 4.69) is 20.5 Å². The van der Waals surface area contributed by atoms with Gasteiger partial charge in [-0.05, 0) is 6.08 Å². The number of carbonyl (C=O) groups is 1. The molecular weight excluding hydrogens is 170 g/mol. The van der Waals surface area contributed by atoms with Gasteiger partial charge in [-0.15, -0.1) is 0 Å². The molecular formula is C8H11N3O2. The number of hydrogen-bond acceptors (Lipinski definition) is 5. The second-order valence-corrected chi connectivity index (χ2v) is 2.86. The first-order chi connectivity index (χ1) is 6.31. The van der Waals surface area contributed by atoms with Crippen LogP contribution in [0.1, 0.15) is 0 Å². The number of nitrogens with one attached hydrogen (secondary N) is 2. The Labute approximate surface area is 76.0 Å². The lowest BCUT2D eigenvalue weighted by molar-refractivity contribution is -0.135. The third-order valence-electron chi connectivity index (χ3n) is 2.07. The summed E-state index contributed by atoms with van der Waals surface area (Å²) in [7, 11) is 1.38. The molecule has 70 valence electrons. The number of hydrazine groups is 1. The van der Waals surface area contributed by atoms with Gasteiger partial charge in [-0.3, -0.25) is 0 Å². The predicted molar refractivity (Wildman–Crippen MR) is 46.0 cm³/mol. The van der Waals surface area contributed by atoms with E-state index < -0.39 is 0 Å². The van der Waals surface area contributed by atoms with Gasteiger partial charge >= 0.3 is 5.97 Å². The maximum Gasteiger partial charge on any atom is 0.337 e. The summed E-state index contributed by atoms with van der Waals surface area (Å²) in [5.74, 6) is 0.628. The first-order valence-corrected chi connectivity index (χ1v) is 4.05. The summed E-state index contributed by atoms with van der Waals surface area (Å²) in [5, 5.41) is 0. The topological polar surface area (TPSA) is 53.6 Å². The monoisotopic (exact) mass is 181 g/mol. The Balaban J connectivity index is 2.16. The van der Waals surface area contributed by atoms with Gasteiger partial charge in [0.2, 0.25) is 0 Å². The summed E-state index contributed by atoms with van der Waals surface area (Å²) in [4.78, 5) is 13.2. The van der Waals surface area contributed by atoms with Crippen LogP contribution in [-0.2, 0) is 9.53 Å². The van der Waals surface area contributed by atoms with Crippen LogP contribution in [0.4, 0.5) is 0 Å². The average molecular weight is 181 g/mol. The molecule has 13 heavy (non-hydrogen) atoms. The largest absolute Gasteiger partial charge is 0.465 e. The highest BCUT2D eigenvalue weighted by atomic mass is 16.5. The van der Waals surface area contributed by atoms with Crippen LogP contribution >= 0.6 is 0 Å². The smallest absolute Gasteiger partial charge is 0.337 e. The second-order valence-electron chi connectivity index (χ2n) is 2.86. The Hall–Kier alpha value is -1.49. The number of methoxy groups -OCH3 is 1. The molecule has 0 bridgehead atoms. The Morgan fingerprint density at radius 2 is 2.54 bits per heavy atom. The lowest BCUT2D eigenvalue weighted by atomic mass is 10.2. The van der Waals surface area contributed by atoms with Crippen molar-refractivity contribution in [2.75, 3.05) is 20.3 Å². The van der Waals surface area contributed by atoms with Crippen molar-refractivity contribution in [2.24, 2.45) is 0 Å². The Morgan fingerprint density at radius 1 is 1.69 bits per heavy atom. The van der Waals surface area contributed by atoms with Crippen LogP contribution in [-0.4, -0.2) is 31.2 Å². The molecule has 5 heteroatoms. The zero-order valence-electron chi connectivity index (χ0n) is 7.33. The summed E-state index contributed by atoms with van der Waals surface area (Å²) in [6.45, 7) is 1.49. The molecule has 0 radical (unpaired) electrons. The number of fused-ring (bicyclic) bond motifs is 1. The quantitative estimate of drug-likeness (QED) is 0.524. The highest BCUT2D eigenvalue weighted by Gasteiger charge is 2.21. The Kier molecular flexibility index (Phi) is 1.94. The van der Waals surface area contributed by atoms with Crippen LogP contribution in [0.2, 0.25) is 0 Å². The normalized spacial score (nSPS) is 19.9. The molecule has 2 rings (SSSR count). The lowest BCUT2D eigenvalue weighted by Gasteiger charge is -2.19. The van der Waals surface area contributed by atoms with Crippen molar-refractivity contribution < 1.29 is 9.53 Å². The van der Waals surface area contributed by atoms with Crippen molar-refractivity contribution in [1.82, 2.24) is 15.8 Å². The van der Waals surface area contributed by atoms with Crippen LogP contribution in [0.5, 0.6) is 0 Å². The molecule has 1 saturated heterocycles. The fourth-order valence-electron chi connectivity index (χ4n) is 1.35. The van der Waals surface area contributed by atoms with Crippen LogP contribution in [0.15, 0.2) is 23.5 Å². The van der Waals surface area contributed by atoms with Gasteiger partial charge in [-0.25, -0.2) is 10.2 Å². The fraction of sp³-hybridized carbons (Fsp3) is 0.375. The molecule has 0 saturated carbocycles. The first-order valence-electron chi connectivity index (χ1n) is 4.05. The minimum absolute atomic E-state index is 0.291. The van der Waals surface area contributed by atoms with Gasteiger partial charge in [-0.1, -0.05) is 6.08 Å². The number of ether oxygens (including phenoxy) is 1. The molecule has 2 heterocycles. The highest BCUT2D eigenvalue weighted by molar-refractivity contribution is 5.91. The summed E-state index contributed by atoms with van der Waals surface area (Å²) >= 11 is 0. The zero-order chi connectivity index (χ0) is 9.26. The minimum Gasteiger partial charge on any atom is -0.465 e. The SMILES string of the molecule is COC(=O)C1=CCN2CNNC2=C1. The number of carbonyl (C=O) groups excluding carboxylic acids is 1. The van der Waals surface area contributed by atoms with Crippen LogP contribution in [0, 0.1) is 0 Å². The standard InChI is InChI=1S/C8H11N3O2/c1-13-8(12)6-2-3-11-5-9-10-7(11)4-6/h2,4,9-10H,3,5H2,1H3. The van der Waals surface area contributed by atoms with Gasteiger partial charge in [-0.2, -0.15) is 0 Å². The predicted octanol–water partition coefficient (Wildman–Crippen LogP) is -0.692. The van der Waals surface area contributed by atoms with E-state index in [1.54, 1.807) is 6.08 Å². The van der Waals surface area contributed by atoms with E-state index in [0.29, 0.717) is 5.57 Å². The van der Waals surface area contributed by atoms with E-state index in [0.717, 1.165) is 19.0 Å². The van der Waals surface area contributed by atoms with Crippen molar-refractivity contribution in [2.45, 2.75) is 0 Å². The maximum atomic E-state index is 11.2. The van der Waals surface area contributed by atoms with E-state index in [1.165, 1.54) is 7.11 Å². The van der Waals surface area contributed by atoms with Crippen LogP contribution < -0.4 is 10.9 Å². The second kappa shape index (κ2) is 3.10. The molecule has 0 aromatic heterocycles. The van der Waals surface area contributed by atoms with E-state index >= 15 is 0 Å².